The monoisotopic (exact) mass is 315 g/mol. The highest BCUT2D eigenvalue weighted by Crippen LogP contribution is 2.28. The molecule has 122 valence electrons. The fraction of sp³-hybridized carbons (Fsp3) is 0.412. The first-order valence-corrected chi connectivity index (χ1v) is 7.40. The third-order valence-electron chi connectivity index (χ3n) is 4.29. The van der Waals surface area contributed by atoms with E-state index in [1.54, 1.807) is 20.8 Å². The van der Waals surface area contributed by atoms with Crippen molar-refractivity contribution in [2.75, 3.05) is 0 Å². The molecule has 0 saturated carbocycles. The molecule has 1 aromatic heterocycles. The number of carboxylic acids is 1. The number of hydrogen-bond donors (Lipinski definition) is 2. The van der Waals surface area contributed by atoms with E-state index in [1.807, 2.05) is 13.8 Å². The van der Waals surface area contributed by atoms with Gasteiger partial charge in [0.25, 0.3) is 5.91 Å². The van der Waals surface area contributed by atoms with Gasteiger partial charge in [0.05, 0.1) is 5.56 Å². The number of pyridine rings is 1. The first-order chi connectivity index (χ1) is 10.6. The van der Waals surface area contributed by atoms with Crippen LogP contribution in [-0.4, -0.2) is 33.3 Å². The maximum Gasteiger partial charge on any atom is 0.338 e. The van der Waals surface area contributed by atoms with Gasteiger partial charge in [-0.1, -0.05) is 20.4 Å². The molecule has 2 N–H and O–H groups in total. The fourth-order valence-corrected chi connectivity index (χ4v) is 2.43. The lowest BCUT2D eigenvalue weighted by atomic mass is 9.89. The van der Waals surface area contributed by atoms with Crippen LogP contribution in [0.1, 0.15) is 55.0 Å². The van der Waals surface area contributed by atoms with Crippen molar-refractivity contribution in [2.24, 2.45) is 10.9 Å². The second-order valence-electron chi connectivity index (χ2n) is 6.32. The molecule has 0 aromatic carbocycles. The summed E-state index contributed by atoms with van der Waals surface area (Å²) in [7, 11) is 0. The summed E-state index contributed by atoms with van der Waals surface area (Å²) in [6, 6.07) is 1.53. The molecule has 2 rings (SSSR count). The van der Waals surface area contributed by atoms with Crippen molar-refractivity contribution in [3.63, 3.8) is 0 Å². The molecule has 1 atom stereocenters. The lowest BCUT2D eigenvalue weighted by Crippen LogP contribution is -2.41. The number of nitrogens with zero attached hydrogens (tertiary/aromatic N) is 2. The minimum absolute atomic E-state index is 0.000608. The van der Waals surface area contributed by atoms with Crippen LogP contribution in [-0.2, 0) is 4.79 Å². The Morgan fingerprint density at radius 2 is 2.00 bits per heavy atom. The Kier molecular flexibility index (Phi) is 4.11. The summed E-state index contributed by atoms with van der Waals surface area (Å²) < 4.78 is 0. The van der Waals surface area contributed by atoms with Gasteiger partial charge in [-0.05, 0) is 43.9 Å². The maximum absolute atomic E-state index is 12.2. The number of rotatable bonds is 4. The van der Waals surface area contributed by atoms with E-state index in [9.17, 15) is 14.7 Å². The number of allylic oxidation sites excluding steroid dienone is 1. The van der Waals surface area contributed by atoms with Crippen molar-refractivity contribution in [1.29, 1.82) is 0 Å². The number of carbonyl (C=O) groups is 2. The first-order valence-electron chi connectivity index (χ1n) is 7.40. The molecule has 1 aliphatic rings. The van der Waals surface area contributed by atoms with E-state index in [4.69, 9.17) is 0 Å². The maximum atomic E-state index is 12.2. The highest BCUT2D eigenvalue weighted by atomic mass is 16.4. The number of hydrogen-bond acceptors (Lipinski definition) is 4. The third kappa shape index (κ3) is 2.76. The van der Waals surface area contributed by atoms with Crippen LogP contribution in [0, 0.1) is 12.8 Å². The molecule has 0 saturated heterocycles. The summed E-state index contributed by atoms with van der Waals surface area (Å²) in [4.78, 5) is 32.7. The minimum atomic E-state index is -1.12. The zero-order valence-electron chi connectivity index (χ0n) is 14.0. The number of aryl methyl sites for hydroxylation is 1. The van der Waals surface area contributed by atoms with Crippen LogP contribution in [0.5, 0.6) is 0 Å². The molecule has 1 unspecified atom stereocenters. The third-order valence-corrected chi connectivity index (χ3v) is 4.29. The fourth-order valence-electron chi connectivity index (χ4n) is 2.43. The van der Waals surface area contributed by atoms with Crippen LogP contribution in [0.15, 0.2) is 17.6 Å². The molecule has 1 amide bonds. The van der Waals surface area contributed by atoms with E-state index in [0.717, 1.165) is 5.57 Å². The van der Waals surface area contributed by atoms with E-state index in [-0.39, 0.29) is 28.9 Å². The van der Waals surface area contributed by atoms with Crippen molar-refractivity contribution in [3.8, 4) is 0 Å². The number of amidine groups is 1. The van der Waals surface area contributed by atoms with Gasteiger partial charge in [0.1, 0.15) is 11.2 Å². The Morgan fingerprint density at radius 1 is 1.39 bits per heavy atom. The number of aromatic carboxylic acids is 1. The number of aromatic nitrogens is 1. The SMILES string of the molecule is C=C(C)c1cc(C(=O)O)c(C2=NC(C)(C(C)C)C(=O)N2)nc1C. The first kappa shape index (κ1) is 16.9. The molecular weight excluding hydrogens is 294 g/mol. The summed E-state index contributed by atoms with van der Waals surface area (Å²) in [6.45, 7) is 12.9. The van der Waals surface area contributed by atoms with E-state index in [2.05, 4.69) is 21.9 Å². The summed E-state index contributed by atoms with van der Waals surface area (Å²) in [5, 5.41) is 12.2. The molecule has 0 fully saturated rings. The Labute approximate surface area is 135 Å². The molecule has 6 nitrogen and oxygen atoms in total. The summed E-state index contributed by atoms with van der Waals surface area (Å²) >= 11 is 0. The van der Waals surface area contributed by atoms with Gasteiger partial charge >= 0.3 is 5.97 Å². The number of carboxylic acid groups (broad SMARTS) is 1. The lowest BCUT2D eigenvalue weighted by Gasteiger charge is -2.21. The quantitative estimate of drug-likeness (QED) is 0.892. The molecule has 6 heteroatoms. The van der Waals surface area contributed by atoms with Gasteiger partial charge in [0, 0.05) is 5.69 Å². The Hall–Kier alpha value is -2.50. The minimum Gasteiger partial charge on any atom is -0.478 e. The van der Waals surface area contributed by atoms with Crippen LogP contribution in [0.25, 0.3) is 5.57 Å². The lowest BCUT2D eigenvalue weighted by molar-refractivity contribution is -0.124. The van der Waals surface area contributed by atoms with Crippen molar-refractivity contribution in [2.45, 2.75) is 40.2 Å². The molecule has 0 radical (unpaired) electrons. The van der Waals surface area contributed by atoms with E-state index < -0.39 is 11.5 Å². The van der Waals surface area contributed by atoms with Crippen LogP contribution < -0.4 is 5.32 Å². The smallest absolute Gasteiger partial charge is 0.338 e. The zero-order chi connectivity index (χ0) is 17.5. The molecule has 0 spiro atoms. The van der Waals surface area contributed by atoms with Crippen molar-refractivity contribution >= 4 is 23.3 Å². The Bertz CT molecular complexity index is 750. The molecular formula is C17H21N3O3. The van der Waals surface area contributed by atoms with Crippen LogP contribution >= 0.6 is 0 Å². The van der Waals surface area contributed by atoms with Crippen LogP contribution in [0.3, 0.4) is 0 Å². The zero-order valence-corrected chi connectivity index (χ0v) is 14.0. The largest absolute Gasteiger partial charge is 0.478 e. The molecule has 2 heterocycles. The van der Waals surface area contributed by atoms with E-state index >= 15 is 0 Å². The van der Waals surface area contributed by atoms with E-state index in [1.165, 1.54) is 6.07 Å². The average Bonchev–Trinajstić information content (AvgIpc) is 2.75. The molecule has 23 heavy (non-hydrogen) atoms. The van der Waals surface area contributed by atoms with Gasteiger partial charge in [-0.15, -0.1) is 0 Å². The summed E-state index contributed by atoms with van der Waals surface area (Å²) in [5.41, 5.74) is 1.32. The van der Waals surface area contributed by atoms with Crippen molar-refractivity contribution in [1.82, 2.24) is 10.3 Å². The molecule has 1 aliphatic heterocycles. The Balaban J connectivity index is 2.65. The predicted molar refractivity (Wildman–Crippen MR) is 88.6 cm³/mol. The van der Waals surface area contributed by atoms with Crippen LogP contribution in [0.4, 0.5) is 0 Å². The van der Waals surface area contributed by atoms with E-state index in [0.29, 0.717) is 11.3 Å². The summed E-state index contributed by atoms with van der Waals surface area (Å²) in [5.74, 6) is -1.18. The second-order valence-corrected chi connectivity index (χ2v) is 6.32. The average molecular weight is 315 g/mol. The van der Waals surface area contributed by atoms with Gasteiger partial charge in [0.15, 0.2) is 5.84 Å². The van der Waals surface area contributed by atoms with Gasteiger partial charge in [-0.2, -0.15) is 0 Å². The normalized spacial score (nSPS) is 20.4. The van der Waals surface area contributed by atoms with Crippen LogP contribution in [0.2, 0.25) is 0 Å². The molecule has 1 aromatic rings. The standard InChI is InChI=1S/C17H21N3O3/c1-8(2)11-7-12(15(21)22)13(18-10(11)5)14-19-16(23)17(6,20-14)9(3)4/h7,9H,1H2,2-6H3,(H,21,22)(H,19,20,23). The highest BCUT2D eigenvalue weighted by molar-refractivity contribution is 6.17. The van der Waals surface area contributed by atoms with Gasteiger partial charge < -0.3 is 10.4 Å². The number of carbonyl (C=O) groups excluding carboxylic acids is 1. The predicted octanol–water partition coefficient (Wildman–Crippen LogP) is 2.41. The topological polar surface area (TPSA) is 91.6 Å². The van der Waals surface area contributed by atoms with Crippen molar-refractivity contribution in [3.05, 3.63) is 35.2 Å². The van der Waals surface area contributed by atoms with Gasteiger partial charge in [-0.3, -0.25) is 4.79 Å². The van der Waals surface area contributed by atoms with Gasteiger partial charge in [-0.25, -0.2) is 14.8 Å². The summed E-state index contributed by atoms with van der Waals surface area (Å²) in [6.07, 6.45) is 0. The Morgan fingerprint density at radius 3 is 2.43 bits per heavy atom. The number of nitrogens with one attached hydrogen (secondary N) is 1. The molecule has 0 bridgehead atoms. The number of aliphatic imine (C=N–C) groups is 1. The highest BCUT2D eigenvalue weighted by Gasteiger charge is 2.43. The molecule has 0 aliphatic carbocycles. The number of amides is 1. The van der Waals surface area contributed by atoms with Gasteiger partial charge in [0.2, 0.25) is 0 Å². The van der Waals surface area contributed by atoms with Crippen molar-refractivity contribution < 1.29 is 14.7 Å². The second kappa shape index (κ2) is 5.61.